The maximum Gasteiger partial charge on any atom is 0.232 e. The van der Waals surface area contributed by atoms with E-state index in [-0.39, 0.29) is 5.92 Å². The molecule has 0 radical (unpaired) electrons. The van der Waals surface area contributed by atoms with Gasteiger partial charge in [0.15, 0.2) is 0 Å². The summed E-state index contributed by atoms with van der Waals surface area (Å²) in [5.74, 6) is 2.07. The second-order valence-corrected chi connectivity index (χ2v) is 7.66. The molecule has 9 heteroatoms. The average molecular weight is 404 g/mol. The van der Waals surface area contributed by atoms with Crippen molar-refractivity contribution >= 4 is 0 Å². The van der Waals surface area contributed by atoms with E-state index in [1.165, 1.54) is 0 Å². The summed E-state index contributed by atoms with van der Waals surface area (Å²) < 4.78 is 20.4. The summed E-state index contributed by atoms with van der Waals surface area (Å²) in [5, 5.41) is 8.94. The molecule has 1 atom stereocenters. The molecule has 4 aromatic rings. The van der Waals surface area contributed by atoms with Crippen LogP contribution in [0.5, 0.6) is 5.75 Å². The van der Waals surface area contributed by atoms with Crippen molar-refractivity contribution in [2.75, 3.05) is 20.3 Å². The number of fused-ring (bicyclic) bond motifs is 5. The smallest absolute Gasteiger partial charge is 0.232 e. The van der Waals surface area contributed by atoms with Gasteiger partial charge in [-0.05, 0) is 24.6 Å². The zero-order chi connectivity index (χ0) is 20.2. The third-order valence-corrected chi connectivity index (χ3v) is 5.78. The molecule has 152 valence electrons. The normalized spacial score (nSPS) is 17.3. The van der Waals surface area contributed by atoms with Crippen molar-refractivity contribution in [1.82, 2.24) is 29.5 Å². The van der Waals surface area contributed by atoms with Gasteiger partial charge in [-0.1, -0.05) is 5.16 Å². The summed E-state index contributed by atoms with van der Waals surface area (Å²) in [7, 11) is 3.60. The largest absolute Gasteiger partial charge is 0.497 e. The number of nitrogens with zero attached hydrogens (tertiary/aromatic N) is 6. The second-order valence-electron chi connectivity index (χ2n) is 7.66. The number of hydrogen-bond acceptors (Lipinski definition) is 7. The van der Waals surface area contributed by atoms with Crippen molar-refractivity contribution in [2.45, 2.75) is 18.8 Å². The van der Waals surface area contributed by atoms with Crippen LogP contribution in [0.1, 0.15) is 29.5 Å². The third kappa shape index (κ3) is 2.58. The number of hydrogen-bond donors (Lipinski definition) is 0. The number of aryl methyl sites for hydroxylation is 1. The van der Waals surface area contributed by atoms with E-state index in [2.05, 4.69) is 19.7 Å². The minimum atomic E-state index is 0.158. The Morgan fingerprint density at radius 1 is 1.23 bits per heavy atom. The summed E-state index contributed by atoms with van der Waals surface area (Å²) in [6.07, 6.45) is 5.42. The Morgan fingerprint density at radius 2 is 2.17 bits per heavy atom. The quantitative estimate of drug-likeness (QED) is 0.456. The maximum atomic E-state index is 5.54. The van der Waals surface area contributed by atoms with Crippen molar-refractivity contribution in [2.24, 2.45) is 7.05 Å². The minimum Gasteiger partial charge on any atom is -0.497 e. The fourth-order valence-electron chi connectivity index (χ4n) is 4.28. The number of benzene rings is 1. The van der Waals surface area contributed by atoms with E-state index < -0.39 is 0 Å². The molecule has 30 heavy (non-hydrogen) atoms. The fraction of sp³-hybridized carbons (Fsp3) is 0.333. The molecule has 6 rings (SSSR count). The summed E-state index contributed by atoms with van der Waals surface area (Å²) >= 11 is 0. The maximum absolute atomic E-state index is 5.54. The van der Waals surface area contributed by atoms with Crippen molar-refractivity contribution in [3.63, 3.8) is 0 Å². The number of aromatic nitrogens is 6. The Hall–Kier alpha value is -3.46. The molecular weight excluding hydrogens is 384 g/mol. The lowest BCUT2D eigenvalue weighted by molar-refractivity contribution is 0.189. The molecule has 3 aromatic heterocycles. The molecule has 5 heterocycles. The van der Waals surface area contributed by atoms with Gasteiger partial charge < -0.3 is 18.6 Å². The highest BCUT2D eigenvalue weighted by molar-refractivity contribution is 5.77. The second kappa shape index (κ2) is 6.53. The highest BCUT2D eigenvalue weighted by Crippen LogP contribution is 2.38. The molecule has 2 aliphatic rings. The Morgan fingerprint density at radius 3 is 3.00 bits per heavy atom. The molecule has 0 amide bonds. The third-order valence-electron chi connectivity index (χ3n) is 5.78. The highest BCUT2D eigenvalue weighted by Gasteiger charge is 2.29. The summed E-state index contributed by atoms with van der Waals surface area (Å²) in [4.78, 5) is 9.30. The lowest BCUT2D eigenvalue weighted by Crippen LogP contribution is -2.01. The molecule has 1 fully saturated rings. The van der Waals surface area contributed by atoms with Gasteiger partial charge in [-0.3, -0.25) is 4.68 Å². The van der Waals surface area contributed by atoms with Gasteiger partial charge in [0, 0.05) is 37.4 Å². The van der Waals surface area contributed by atoms with Crippen LogP contribution in [0, 0.1) is 0 Å². The first-order valence-electron chi connectivity index (χ1n) is 9.90. The molecule has 2 aliphatic heterocycles. The zero-order valence-corrected chi connectivity index (χ0v) is 16.7. The van der Waals surface area contributed by atoms with Crippen molar-refractivity contribution in [3.8, 4) is 34.2 Å². The monoisotopic (exact) mass is 404 g/mol. The Balaban J connectivity index is 1.51. The van der Waals surface area contributed by atoms with Crippen LogP contribution in [0.15, 0.2) is 35.2 Å². The van der Waals surface area contributed by atoms with E-state index in [9.17, 15) is 0 Å². The van der Waals surface area contributed by atoms with Gasteiger partial charge in [-0.15, -0.1) is 0 Å². The molecule has 0 saturated carbocycles. The zero-order valence-electron chi connectivity index (χ0n) is 16.7. The van der Waals surface area contributed by atoms with Crippen LogP contribution in [0.4, 0.5) is 0 Å². The number of ether oxygens (including phenoxy) is 2. The lowest BCUT2D eigenvalue weighted by Gasteiger charge is -2.11. The molecule has 0 spiro atoms. The van der Waals surface area contributed by atoms with Crippen LogP contribution in [0.25, 0.3) is 28.5 Å². The predicted octanol–water partition coefficient (Wildman–Crippen LogP) is 2.74. The van der Waals surface area contributed by atoms with Crippen LogP contribution >= 0.6 is 0 Å². The van der Waals surface area contributed by atoms with E-state index in [1.54, 1.807) is 7.11 Å². The first-order valence-corrected chi connectivity index (χ1v) is 9.90. The van der Waals surface area contributed by atoms with Gasteiger partial charge in [-0.25, -0.2) is 4.98 Å². The van der Waals surface area contributed by atoms with Crippen molar-refractivity contribution < 1.29 is 14.0 Å². The lowest BCUT2D eigenvalue weighted by atomic mass is 10.0. The number of imidazole rings is 1. The predicted molar refractivity (Wildman–Crippen MR) is 107 cm³/mol. The van der Waals surface area contributed by atoms with Gasteiger partial charge in [0.1, 0.15) is 17.8 Å². The molecule has 0 aliphatic carbocycles. The van der Waals surface area contributed by atoms with Gasteiger partial charge in [-0.2, -0.15) is 10.1 Å². The van der Waals surface area contributed by atoms with Gasteiger partial charge in [0.2, 0.25) is 11.7 Å². The molecule has 1 aromatic carbocycles. The van der Waals surface area contributed by atoms with Crippen LogP contribution in [-0.4, -0.2) is 49.8 Å². The van der Waals surface area contributed by atoms with E-state index >= 15 is 0 Å². The average Bonchev–Trinajstić information content (AvgIpc) is 3.53. The topological polar surface area (TPSA) is 93.0 Å². The SMILES string of the molecule is COc1ccc2c(c1)-c1nn(C)cc1Cc1c(-c3noc([C@H]4CCOC4)n3)ncn1-2. The Labute approximate surface area is 172 Å². The van der Waals surface area contributed by atoms with Gasteiger partial charge in [0.05, 0.1) is 36.7 Å². The van der Waals surface area contributed by atoms with Crippen molar-refractivity contribution in [3.05, 3.63) is 47.9 Å². The first-order chi connectivity index (χ1) is 14.7. The highest BCUT2D eigenvalue weighted by atomic mass is 16.5. The molecule has 0 bridgehead atoms. The van der Waals surface area contributed by atoms with Crippen LogP contribution in [-0.2, 0) is 18.2 Å². The van der Waals surface area contributed by atoms with E-state index in [0.717, 1.165) is 52.7 Å². The van der Waals surface area contributed by atoms with Gasteiger partial charge >= 0.3 is 0 Å². The van der Waals surface area contributed by atoms with E-state index in [1.807, 2.05) is 42.5 Å². The van der Waals surface area contributed by atoms with E-state index in [0.29, 0.717) is 24.7 Å². The molecule has 0 unspecified atom stereocenters. The number of methoxy groups -OCH3 is 1. The van der Waals surface area contributed by atoms with Crippen LogP contribution < -0.4 is 4.74 Å². The molecule has 1 saturated heterocycles. The standard InChI is InChI=1S/C21H20N6O3/c1-26-9-13-7-17-19(20-23-21(30-25-20)12-5-6-29-10-12)22-11-27(17)16-4-3-14(28-2)8-15(16)18(13)24-26/h3-4,8-9,11-12H,5-7,10H2,1-2H3/t12-/m0/s1. The summed E-state index contributed by atoms with van der Waals surface area (Å²) in [6, 6.07) is 6.00. The van der Waals surface area contributed by atoms with E-state index in [4.69, 9.17) is 19.1 Å². The van der Waals surface area contributed by atoms with Gasteiger partial charge in [0.25, 0.3) is 0 Å². The Kier molecular flexibility index (Phi) is 3.79. The Bertz CT molecular complexity index is 1250. The number of rotatable bonds is 3. The first kappa shape index (κ1) is 17.4. The summed E-state index contributed by atoms with van der Waals surface area (Å²) in [5.41, 5.74) is 5.78. The fourth-order valence-corrected chi connectivity index (χ4v) is 4.28. The molecule has 9 nitrogen and oxygen atoms in total. The molecular formula is C21H20N6O3. The minimum absolute atomic E-state index is 0.158. The van der Waals surface area contributed by atoms with Crippen LogP contribution in [0.2, 0.25) is 0 Å². The molecule has 0 N–H and O–H groups in total. The van der Waals surface area contributed by atoms with Crippen molar-refractivity contribution in [1.29, 1.82) is 0 Å². The summed E-state index contributed by atoms with van der Waals surface area (Å²) in [6.45, 7) is 1.35. The van der Waals surface area contributed by atoms with Crippen LogP contribution in [0.3, 0.4) is 0 Å².